The lowest BCUT2D eigenvalue weighted by Crippen LogP contribution is -2.93. The maximum absolute atomic E-state index is 11.9. The van der Waals surface area contributed by atoms with E-state index in [0.717, 1.165) is 31.2 Å². The number of aryl methyl sites for hydroxylation is 1. The van der Waals surface area contributed by atoms with Crippen LogP contribution in [0.5, 0.6) is 0 Å². The molecule has 0 unspecified atom stereocenters. The first-order chi connectivity index (χ1) is 10.5. The normalized spacial score (nSPS) is 11.9. The van der Waals surface area contributed by atoms with Crippen LogP contribution in [-0.2, 0) is 9.59 Å². The van der Waals surface area contributed by atoms with Gasteiger partial charge in [-0.15, -0.1) is 0 Å². The van der Waals surface area contributed by atoms with Crippen molar-refractivity contribution in [1.29, 1.82) is 0 Å². The average molecular weight is 306 g/mol. The van der Waals surface area contributed by atoms with Gasteiger partial charge >= 0.3 is 0 Å². The summed E-state index contributed by atoms with van der Waals surface area (Å²) in [6.45, 7) is 4.80. The van der Waals surface area contributed by atoms with Gasteiger partial charge < -0.3 is 20.5 Å². The number of nitrogens with one attached hydrogen (secondary N) is 1. The van der Waals surface area contributed by atoms with Crippen LogP contribution in [-0.4, -0.2) is 24.5 Å². The zero-order chi connectivity index (χ0) is 16.4. The minimum atomic E-state index is -1.19. The van der Waals surface area contributed by atoms with Crippen LogP contribution in [0.3, 0.4) is 0 Å². The Morgan fingerprint density at radius 3 is 2.45 bits per heavy atom. The highest BCUT2D eigenvalue weighted by Crippen LogP contribution is 2.09. The molecule has 1 aromatic carbocycles. The first-order valence-electron chi connectivity index (χ1n) is 7.93. The second-order valence-corrected chi connectivity index (χ2v) is 5.63. The van der Waals surface area contributed by atoms with Crippen molar-refractivity contribution in [1.82, 2.24) is 0 Å². The van der Waals surface area contributed by atoms with Crippen molar-refractivity contribution < 1.29 is 20.0 Å². The van der Waals surface area contributed by atoms with E-state index >= 15 is 0 Å². The summed E-state index contributed by atoms with van der Waals surface area (Å²) in [7, 11) is 0. The number of carbonyl (C=O) groups excluding carboxylic acids is 2. The SMILES string of the molecule is CCCCCC[NH2+][C@H](CC(=O)Nc1ccc(C)cc1)C(=O)[O-]. The molecule has 5 heteroatoms. The quantitative estimate of drug-likeness (QED) is 0.620. The van der Waals surface area contributed by atoms with Crippen LogP contribution in [0.4, 0.5) is 5.69 Å². The molecular formula is C17H26N2O3. The molecule has 1 rings (SSSR count). The number of unbranched alkanes of at least 4 members (excludes halogenated alkanes) is 3. The molecule has 1 atom stereocenters. The number of hydrogen-bond donors (Lipinski definition) is 2. The first-order valence-corrected chi connectivity index (χ1v) is 7.93. The topological polar surface area (TPSA) is 85.8 Å². The fourth-order valence-corrected chi connectivity index (χ4v) is 2.20. The Balaban J connectivity index is 2.39. The standard InChI is InChI=1S/C17H26N2O3/c1-3-4-5-6-11-18-15(17(21)22)12-16(20)19-14-9-7-13(2)8-10-14/h7-10,15,18H,3-6,11-12H2,1-2H3,(H,19,20)(H,21,22)/t15-/m1/s1. The molecule has 0 aliphatic rings. The zero-order valence-electron chi connectivity index (χ0n) is 13.4. The van der Waals surface area contributed by atoms with Crippen molar-refractivity contribution in [3.05, 3.63) is 29.8 Å². The molecular weight excluding hydrogens is 280 g/mol. The average Bonchev–Trinajstić information content (AvgIpc) is 2.48. The van der Waals surface area contributed by atoms with Crippen LogP contribution in [0.25, 0.3) is 0 Å². The number of benzene rings is 1. The van der Waals surface area contributed by atoms with Gasteiger partial charge in [0.2, 0.25) is 5.91 Å². The largest absolute Gasteiger partial charge is 0.544 e. The van der Waals surface area contributed by atoms with Gasteiger partial charge in [-0.3, -0.25) is 4.79 Å². The molecule has 1 amide bonds. The number of aliphatic carboxylic acids is 1. The molecule has 0 aliphatic carbocycles. The van der Waals surface area contributed by atoms with Gasteiger partial charge in [-0.05, 0) is 31.9 Å². The molecule has 122 valence electrons. The number of carboxylic acid groups (broad SMARTS) is 1. The van der Waals surface area contributed by atoms with Gasteiger partial charge in [0.1, 0.15) is 6.04 Å². The monoisotopic (exact) mass is 306 g/mol. The number of carboxylic acids is 1. The van der Waals surface area contributed by atoms with E-state index in [0.29, 0.717) is 12.2 Å². The van der Waals surface area contributed by atoms with Gasteiger partial charge in [0, 0.05) is 5.69 Å². The Morgan fingerprint density at radius 1 is 1.18 bits per heavy atom. The number of rotatable bonds is 10. The predicted molar refractivity (Wildman–Crippen MR) is 84.2 cm³/mol. The molecule has 0 radical (unpaired) electrons. The van der Waals surface area contributed by atoms with Crippen LogP contribution in [0, 0.1) is 6.92 Å². The Bertz CT molecular complexity index is 471. The maximum atomic E-state index is 11.9. The molecule has 0 bridgehead atoms. The summed E-state index contributed by atoms with van der Waals surface area (Å²) in [5.41, 5.74) is 1.78. The molecule has 1 aromatic rings. The number of hydrogen-bond acceptors (Lipinski definition) is 3. The summed E-state index contributed by atoms with van der Waals surface area (Å²) < 4.78 is 0. The van der Waals surface area contributed by atoms with E-state index in [1.54, 1.807) is 17.4 Å². The predicted octanol–water partition coefficient (Wildman–Crippen LogP) is 0.586. The second-order valence-electron chi connectivity index (χ2n) is 5.63. The molecule has 0 fully saturated rings. The van der Waals surface area contributed by atoms with Crippen LogP contribution in [0.1, 0.15) is 44.6 Å². The summed E-state index contributed by atoms with van der Waals surface area (Å²) in [6.07, 6.45) is 4.25. The summed E-state index contributed by atoms with van der Waals surface area (Å²) in [5, 5.41) is 15.5. The Kier molecular flexibility index (Phi) is 8.22. The molecule has 5 nitrogen and oxygen atoms in total. The Labute approximate surface area is 132 Å². The number of anilines is 1. The van der Waals surface area contributed by atoms with Crippen molar-refractivity contribution in [2.24, 2.45) is 0 Å². The minimum Gasteiger partial charge on any atom is -0.544 e. The minimum absolute atomic E-state index is 0.0794. The van der Waals surface area contributed by atoms with E-state index in [1.165, 1.54) is 0 Å². The maximum Gasteiger partial charge on any atom is 0.230 e. The van der Waals surface area contributed by atoms with Crippen molar-refractivity contribution in [3.8, 4) is 0 Å². The van der Waals surface area contributed by atoms with E-state index < -0.39 is 12.0 Å². The summed E-state index contributed by atoms with van der Waals surface area (Å²) in [4.78, 5) is 23.1. The number of amides is 1. The van der Waals surface area contributed by atoms with Gasteiger partial charge in [0.05, 0.1) is 18.9 Å². The molecule has 0 heterocycles. The third kappa shape index (κ3) is 7.22. The summed E-state index contributed by atoms with van der Waals surface area (Å²) in [5.74, 6) is -1.49. The highest BCUT2D eigenvalue weighted by molar-refractivity contribution is 5.93. The molecule has 0 aromatic heterocycles. The molecule has 22 heavy (non-hydrogen) atoms. The van der Waals surface area contributed by atoms with Gasteiger partial charge in [-0.1, -0.05) is 37.5 Å². The van der Waals surface area contributed by atoms with Gasteiger partial charge in [-0.25, -0.2) is 0 Å². The van der Waals surface area contributed by atoms with Crippen LogP contribution < -0.4 is 15.7 Å². The van der Waals surface area contributed by atoms with E-state index in [2.05, 4.69) is 12.2 Å². The second kappa shape index (κ2) is 9.95. The van der Waals surface area contributed by atoms with E-state index in [-0.39, 0.29) is 12.3 Å². The molecule has 0 saturated carbocycles. The third-order valence-electron chi connectivity index (χ3n) is 3.55. The van der Waals surface area contributed by atoms with Crippen molar-refractivity contribution in [3.63, 3.8) is 0 Å². The molecule has 0 aliphatic heterocycles. The molecule has 0 saturated heterocycles. The lowest BCUT2D eigenvalue weighted by Gasteiger charge is -2.16. The first kappa shape index (κ1) is 18.2. The highest BCUT2D eigenvalue weighted by Gasteiger charge is 2.18. The molecule has 3 N–H and O–H groups in total. The van der Waals surface area contributed by atoms with Crippen LogP contribution in [0.2, 0.25) is 0 Å². The fourth-order valence-electron chi connectivity index (χ4n) is 2.20. The van der Waals surface area contributed by atoms with Crippen molar-refractivity contribution in [2.45, 2.75) is 52.0 Å². The van der Waals surface area contributed by atoms with E-state index in [4.69, 9.17) is 0 Å². The number of carbonyl (C=O) groups is 2. The zero-order valence-corrected chi connectivity index (χ0v) is 13.4. The summed E-state index contributed by atoms with van der Waals surface area (Å²) in [6, 6.07) is 6.56. The van der Waals surface area contributed by atoms with Crippen LogP contribution in [0.15, 0.2) is 24.3 Å². The lowest BCUT2D eigenvalue weighted by atomic mass is 10.1. The van der Waals surface area contributed by atoms with Crippen LogP contribution >= 0.6 is 0 Å². The lowest BCUT2D eigenvalue weighted by molar-refractivity contribution is -0.682. The van der Waals surface area contributed by atoms with Gasteiger partial charge in [0.15, 0.2) is 0 Å². The van der Waals surface area contributed by atoms with Gasteiger partial charge in [-0.2, -0.15) is 0 Å². The van der Waals surface area contributed by atoms with Gasteiger partial charge in [0.25, 0.3) is 0 Å². The Morgan fingerprint density at radius 2 is 1.86 bits per heavy atom. The number of nitrogens with two attached hydrogens (primary N) is 1. The summed E-state index contributed by atoms with van der Waals surface area (Å²) >= 11 is 0. The van der Waals surface area contributed by atoms with Crippen molar-refractivity contribution >= 4 is 17.6 Å². The molecule has 0 spiro atoms. The highest BCUT2D eigenvalue weighted by atomic mass is 16.4. The fraction of sp³-hybridized carbons (Fsp3) is 0.529. The van der Waals surface area contributed by atoms with Crippen molar-refractivity contribution in [2.75, 3.05) is 11.9 Å². The van der Waals surface area contributed by atoms with E-state index in [9.17, 15) is 14.7 Å². The van der Waals surface area contributed by atoms with E-state index in [1.807, 2.05) is 19.1 Å². The smallest absolute Gasteiger partial charge is 0.230 e. The Hall–Kier alpha value is -1.88. The third-order valence-corrected chi connectivity index (χ3v) is 3.55. The number of quaternary nitrogens is 1.